The number of ether oxygens (including phenoxy) is 1. The van der Waals surface area contributed by atoms with Gasteiger partial charge in [0.15, 0.2) is 0 Å². The number of hydrogen-bond donors (Lipinski definition) is 1. The van der Waals surface area contributed by atoms with Crippen LogP contribution in [0.1, 0.15) is 38.5 Å². The second kappa shape index (κ2) is 7.74. The Labute approximate surface area is 110 Å². The van der Waals surface area contributed by atoms with Crippen molar-refractivity contribution < 1.29 is 9.53 Å². The zero-order valence-corrected chi connectivity index (χ0v) is 11.3. The van der Waals surface area contributed by atoms with Crippen LogP contribution < -0.4 is 5.32 Å². The molecule has 0 aromatic carbocycles. The lowest BCUT2D eigenvalue weighted by Crippen LogP contribution is -2.39. The van der Waals surface area contributed by atoms with Gasteiger partial charge in [-0.15, -0.1) is 0 Å². The third kappa shape index (κ3) is 4.58. The Morgan fingerprint density at radius 1 is 1.17 bits per heavy atom. The molecule has 1 N–H and O–H groups in total. The van der Waals surface area contributed by atoms with Crippen molar-refractivity contribution in [2.75, 3.05) is 39.4 Å². The third-order valence-electron chi connectivity index (χ3n) is 4.03. The summed E-state index contributed by atoms with van der Waals surface area (Å²) in [7, 11) is 0. The van der Waals surface area contributed by atoms with Crippen LogP contribution in [-0.2, 0) is 9.53 Å². The molecule has 0 aromatic rings. The van der Waals surface area contributed by atoms with E-state index >= 15 is 0 Å². The van der Waals surface area contributed by atoms with Gasteiger partial charge >= 0.3 is 0 Å². The van der Waals surface area contributed by atoms with E-state index in [-0.39, 0.29) is 5.91 Å². The number of amides is 1. The van der Waals surface area contributed by atoms with Gasteiger partial charge in [0.1, 0.15) is 0 Å². The Hall–Kier alpha value is -0.610. The van der Waals surface area contributed by atoms with Crippen LogP contribution in [0.2, 0.25) is 0 Å². The number of carbonyl (C=O) groups is 1. The molecule has 0 bridgehead atoms. The lowest BCUT2D eigenvalue weighted by molar-refractivity contribution is -0.125. The van der Waals surface area contributed by atoms with E-state index in [0.717, 1.165) is 58.7 Å². The smallest absolute Gasteiger partial charge is 0.223 e. The predicted octanol–water partition coefficient (Wildman–Crippen LogP) is 1.41. The summed E-state index contributed by atoms with van der Waals surface area (Å²) in [6.45, 7) is 5.69. The molecule has 104 valence electrons. The van der Waals surface area contributed by atoms with Gasteiger partial charge in [-0.1, -0.05) is 19.3 Å². The summed E-state index contributed by atoms with van der Waals surface area (Å²) in [5.74, 6) is 0.582. The van der Waals surface area contributed by atoms with Gasteiger partial charge < -0.3 is 10.1 Å². The van der Waals surface area contributed by atoms with Crippen molar-refractivity contribution in [2.45, 2.75) is 38.5 Å². The molecule has 1 amide bonds. The van der Waals surface area contributed by atoms with E-state index in [9.17, 15) is 4.79 Å². The molecule has 2 aliphatic rings. The molecule has 1 heterocycles. The first-order valence-corrected chi connectivity index (χ1v) is 7.44. The first kappa shape index (κ1) is 13.8. The number of hydrogen-bond acceptors (Lipinski definition) is 3. The fourth-order valence-corrected chi connectivity index (χ4v) is 2.85. The summed E-state index contributed by atoms with van der Waals surface area (Å²) in [5, 5.41) is 3.10. The van der Waals surface area contributed by atoms with Crippen LogP contribution in [0, 0.1) is 5.92 Å². The van der Waals surface area contributed by atoms with Gasteiger partial charge in [-0.25, -0.2) is 0 Å². The minimum absolute atomic E-state index is 0.289. The molecule has 0 unspecified atom stereocenters. The highest BCUT2D eigenvalue weighted by Crippen LogP contribution is 2.23. The average molecular weight is 254 g/mol. The van der Waals surface area contributed by atoms with Crippen molar-refractivity contribution in [1.82, 2.24) is 10.2 Å². The minimum atomic E-state index is 0.289. The van der Waals surface area contributed by atoms with Crippen molar-refractivity contribution >= 4 is 5.91 Å². The third-order valence-corrected chi connectivity index (χ3v) is 4.03. The van der Waals surface area contributed by atoms with Gasteiger partial charge in [-0.05, 0) is 25.8 Å². The van der Waals surface area contributed by atoms with Gasteiger partial charge in [-0.3, -0.25) is 9.69 Å². The lowest BCUT2D eigenvalue weighted by Gasteiger charge is -2.26. The Balaban J connectivity index is 1.52. The maximum Gasteiger partial charge on any atom is 0.223 e. The standard InChI is InChI=1S/C14H26N2O2/c17-14(13-5-2-1-3-6-13)15-7-4-8-16-9-11-18-12-10-16/h13H,1-12H2,(H,15,17). The van der Waals surface area contributed by atoms with E-state index < -0.39 is 0 Å². The number of nitrogens with one attached hydrogen (secondary N) is 1. The largest absolute Gasteiger partial charge is 0.379 e. The van der Waals surface area contributed by atoms with Crippen LogP contribution in [0.25, 0.3) is 0 Å². The van der Waals surface area contributed by atoms with Crippen molar-refractivity contribution in [3.63, 3.8) is 0 Å². The van der Waals surface area contributed by atoms with E-state index in [0.29, 0.717) is 5.92 Å². The fourth-order valence-electron chi connectivity index (χ4n) is 2.85. The Morgan fingerprint density at radius 2 is 1.89 bits per heavy atom. The van der Waals surface area contributed by atoms with Crippen LogP contribution in [0.5, 0.6) is 0 Å². The van der Waals surface area contributed by atoms with Crippen LogP contribution in [0.4, 0.5) is 0 Å². The molecule has 4 heteroatoms. The molecule has 2 fully saturated rings. The summed E-state index contributed by atoms with van der Waals surface area (Å²) in [6, 6.07) is 0. The number of rotatable bonds is 5. The highest BCUT2D eigenvalue weighted by atomic mass is 16.5. The Morgan fingerprint density at radius 3 is 2.61 bits per heavy atom. The molecular weight excluding hydrogens is 228 g/mol. The van der Waals surface area contributed by atoms with Crippen molar-refractivity contribution in [3.8, 4) is 0 Å². The zero-order valence-electron chi connectivity index (χ0n) is 11.3. The molecule has 1 saturated carbocycles. The van der Waals surface area contributed by atoms with Crippen molar-refractivity contribution in [2.24, 2.45) is 5.92 Å². The lowest BCUT2D eigenvalue weighted by atomic mass is 9.89. The highest BCUT2D eigenvalue weighted by Gasteiger charge is 2.20. The summed E-state index contributed by atoms with van der Waals surface area (Å²) in [5.41, 5.74) is 0. The van der Waals surface area contributed by atoms with Crippen LogP contribution in [0.15, 0.2) is 0 Å². The summed E-state index contributed by atoms with van der Waals surface area (Å²) < 4.78 is 5.31. The molecule has 0 radical (unpaired) electrons. The maximum absolute atomic E-state index is 11.9. The van der Waals surface area contributed by atoms with Crippen LogP contribution in [-0.4, -0.2) is 50.2 Å². The van der Waals surface area contributed by atoms with Crippen molar-refractivity contribution in [3.05, 3.63) is 0 Å². The Bertz CT molecular complexity index is 246. The van der Waals surface area contributed by atoms with Crippen LogP contribution >= 0.6 is 0 Å². The molecule has 1 saturated heterocycles. The topological polar surface area (TPSA) is 41.6 Å². The monoisotopic (exact) mass is 254 g/mol. The number of carbonyl (C=O) groups excluding carboxylic acids is 1. The maximum atomic E-state index is 11.9. The van der Waals surface area contributed by atoms with E-state index in [1.54, 1.807) is 0 Å². The van der Waals surface area contributed by atoms with Crippen LogP contribution in [0.3, 0.4) is 0 Å². The minimum Gasteiger partial charge on any atom is -0.379 e. The predicted molar refractivity (Wildman–Crippen MR) is 71.5 cm³/mol. The molecule has 1 aliphatic heterocycles. The SMILES string of the molecule is O=C(NCCCN1CCOCC1)C1CCCCC1. The number of nitrogens with zero attached hydrogens (tertiary/aromatic N) is 1. The van der Waals surface area contributed by atoms with E-state index in [2.05, 4.69) is 10.2 Å². The normalized spacial score (nSPS) is 22.9. The molecular formula is C14H26N2O2. The molecule has 0 aromatic heterocycles. The van der Waals surface area contributed by atoms with Gasteiger partial charge in [-0.2, -0.15) is 0 Å². The van der Waals surface area contributed by atoms with E-state index in [4.69, 9.17) is 4.74 Å². The average Bonchev–Trinajstić information content (AvgIpc) is 2.45. The first-order valence-electron chi connectivity index (χ1n) is 7.44. The number of morpholine rings is 1. The summed E-state index contributed by atoms with van der Waals surface area (Å²) in [4.78, 5) is 14.3. The second-order valence-corrected chi connectivity index (χ2v) is 5.43. The first-order chi connectivity index (χ1) is 8.86. The Kier molecular flexibility index (Phi) is 5.94. The van der Waals surface area contributed by atoms with E-state index in [1.807, 2.05) is 0 Å². The molecule has 0 spiro atoms. The zero-order chi connectivity index (χ0) is 12.6. The second-order valence-electron chi connectivity index (χ2n) is 5.43. The molecule has 0 atom stereocenters. The van der Waals surface area contributed by atoms with Gasteiger partial charge in [0.2, 0.25) is 5.91 Å². The molecule has 4 nitrogen and oxygen atoms in total. The molecule has 1 aliphatic carbocycles. The highest BCUT2D eigenvalue weighted by molar-refractivity contribution is 5.78. The summed E-state index contributed by atoms with van der Waals surface area (Å²) in [6.07, 6.45) is 7.00. The molecule has 2 rings (SSSR count). The van der Waals surface area contributed by atoms with Gasteiger partial charge in [0, 0.05) is 25.6 Å². The molecule has 18 heavy (non-hydrogen) atoms. The van der Waals surface area contributed by atoms with Crippen molar-refractivity contribution in [1.29, 1.82) is 0 Å². The van der Waals surface area contributed by atoms with Gasteiger partial charge in [0.25, 0.3) is 0 Å². The quantitative estimate of drug-likeness (QED) is 0.754. The summed E-state index contributed by atoms with van der Waals surface area (Å²) >= 11 is 0. The fraction of sp³-hybridized carbons (Fsp3) is 0.929. The van der Waals surface area contributed by atoms with Gasteiger partial charge in [0.05, 0.1) is 13.2 Å². The van der Waals surface area contributed by atoms with E-state index in [1.165, 1.54) is 19.3 Å².